The van der Waals surface area contributed by atoms with Crippen molar-refractivity contribution in [2.45, 2.75) is 13.5 Å². The lowest BCUT2D eigenvalue weighted by Gasteiger charge is -2.14. The van der Waals surface area contributed by atoms with E-state index in [1.165, 1.54) is 49.4 Å². The average Bonchev–Trinajstić information content (AvgIpc) is 3.03. The van der Waals surface area contributed by atoms with Crippen molar-refractivity contribution in [1.82, 2.24) is 0 Å². The van der Waals surface area contributed by atoms with Crippen LogP contribution in [0, 0.1) is 5.82 Å². The van der Waals surface area contributed by atoms with Crippen molar-refractivity contribution in [3.05, 3.63) is 94.8 Å². The number of nitrogens with one attached hydrogen (secondary N) is 1. The molecule has 0 radical (unpaired) electrons. The Kier molecular flexibility index (Phi) is 5.51. The van der Waals surface area contributed by atoms with Gasteiger partial charge < -0.3 is 10.1 Å². The van der Waals surface area contributed by atoms with Crippen LogP contribution in [-0.4, -0.2) is 23.7 Å². The molecular formula is C24H17FN2O5. The van der Waals surface area contributed by atoms with E-state index < -0.39 is 23.6 Å². The number of ether oxygens (including phenoxy) is 1. The Balaban J connectivity index is 1.51. The molecule has 0 unspecified atom stereocenters. The van der Waals surface area contributed by atoms with Gasteiger partial charge in [-0.3, -0.25) is 14.4 Å². The zero-order valence-electron chi connectivity index (χ0n) is 16.9. The van der Waals surface area contributed by atoms with Gasteiger partial charge in [-0.1, -0.05) is 12.1 Å². The van der Waals surface area contributed by atoms with Gasteiger partial charge in [0.1, 0.15) is 12.4 Å². The third-order valence-corrected chi connectivity index (χ3v) is 4.85. The number of fused-ring (bicyclic) bond motifs is 1. The number of carbonyl (C=O) groups excluding carboxylic acids is 4. The molecule has 160 valence electrons. The highest BCUT2D eigenvalue weighted by molar-refractivity contribution is 6.34. The van der Waals surface area contributed by atoms with Gasteiger partial charge in [-0.05, 0) is 60.2 Å². The molecule has 0 bridgehead atoms. The summed E-state index contributed by atoms with van der Waals surface area (Å²) < 4.78 is 18.2. The topological polar surface area (TPSA) is 92.8 Å². The third-order valence-electron chi connectivity index (χ3n) is 4.85. The summed E-state index contributed by atoms with van der Waals surface area (Å²) in [4.78, 5) is 50.3. The first-order chi connectivity index (χ1) is 15.3. The van der Waals surface area contributed by atoms with Crippen LogP contribution < -0.4 is 10.2 Å². The molecule has 1 aliphatic rings. The number of anilines is 2. The molecule has 0 aliphatic carbocycles. The molecule has 1 N–H and O–H groups in total. The van der Waals surface area contributed by atoms with E-state index in [0.717, 1.165) is 4.90 Å². The van der Waals surface area contributed by atoms with Crippen molar-refractivity contribution in [2.24, 2.45) is 0 Å². The molecule has 32 heavy (non-hydrogen) atoms. The predicted molar refractivity (Wildman–Crippen MR) is 114 cm³/mol. The first-order valence-electron chi connectivity index (χ1n) is 9.65. The second kappa shape index (κ2) is 8.43. The smallest absolute Gasteiger partial charge is 0.338 e. The van der Waals surface area contributed by atoms with Crippen LogP contribution >= 0.6 is 0 Å². The van der Waals surface area contributed by atoms with Crippen LogP contribution in [-0.2, 0) is 16.1 Å². The minimum Gasteiger partial charge on any atom is -0.457 e. The molecule has 3 aromatic carbocycles. The second-order valence-corrected chi connectivity index (χ2v) is 7.14. The van der Waals surface area contributed by atoms with Gasteiger partial charge in [-0.15, -0.1) is 0 Å². The minimum atomic E-state index is -0.671. The van der Waals surface area contributed by atoms with E-state index in [1.807, 2.05) is 0 Å². The molecule has 0 saturated carbocycles. The molecule has 7 nitrogen and oxygen atoms in total. The number of imide groups is 1. The summed E-state index contributed by atoms with van der Waals surface area (Å²) in [7, 11) is 0. The molecule has 0 fully saturated rings. The van der Waals surface area contributed by atoms with Gasteiger partial charge in [0.15, 0.2) is 0 Å². The van der Waals surface area contributed by atoms with Crippen LogP contribution in [0.3, 0.4) is 0 Å². The maximum Gasteiger partial charge on any atom is 0.338 e. The van der Waals surface area contributed by atoms with Crippen molar-refractivity contribution in [2.75, 3.05) is 10.2 Å². The number of esters is 1. The van der Waals surface area contributed by atoms with Crippen LogP contribution in [0.4, 0.5) is 15.8 Å². The van der Waals surface area contributed by atoms with Crippen LogP contribution in [0.2, 0.25) is 0 Å². The van der Waals surface area contributed by atoms with E-state index >= 15 is 0 Å². The number of carbonyl (C=O) groups is 4. The SMILES string of the molecule is CC(=O)Nc1ccc(N2C(=O)c3ccc(C(=O)OCc4ccc(F)cc4)cc3C2=O)cc1. The molecule has 1 heterocycles. The van der Waals surface area contributed by atoms with Gasteiger partial charge in [0.2, 0.25) is 5.91 Å². The maximum atomic E-state index is 13.0. The van der Waals surface area contributed by atoms with E-state index in [0.29, 0.717) is 16.9 Å². The van der Waals surface area contributed by atoms with Gasteiger partial charge in [-0.25, -0.2) is 14.1 Å². The molecule has 8 heteroatoms. The van der Waals surface area contributed by atoms with Gasteiger partial charge in [0.25, 0.3) is 11.8 Å². The lowest BCUT2D eigenvalue weighted by atomic mass is 10.1. The Morgan fingerprint density at radius 2 is 1.56 bits per heavy atom. The number of nitrogens with zero attached hydrogens (tertiary/aromatic N) is 1. The van der Waals surface area contributed by atoms with Crippen molar-refractivity contribution in [3.8, 4) is 0 Å². The van der Waals surface area contributed by atoms with Crippen LogP contribution in [0.1, 0.15) is 43.6 Å². The lowest BCUT2D eigenvalue weighted by molar-refractivity contribution is -0.114. The molecule has 0 saturated heterocycles. The molecule has 1 aliphatic heterocycles. The second-order valence-electron chi connectivity index (χ2n) is 7.14. The first-order valence-corrected chi connectivity index (χ1v) is 9.65. The number of hydrogen-bond acceptors (Lipinski definition) is 5. The number of halogens is 1. The zero-order chi connectivity index (χ0) is 22.8. The summed E-state index contributed by atoms with van der Waals surface area (Å²) in [6, 6.07) is 15.9. The summed E-state index contributed by atoms with van der Waals surface area (Å²) in [6.07, 6.45) is 0. The Labute approximate surface area is 182 Å². The summed E-state index contributed by atoms with van der Waals surface area (Å²) in [6.45, 7) is 1.32. The summed E-state index contributed by atoms with van der Waals surface area (Å²) >= 11 is 0. The van der Waals surface area contributed by atoms with Gasteiger partial charge in [0, 0.05) is 12.6 Å². The van der Waals surface area contributed by atoms with Crippen LogP contribution in [0.25, 0.3) is 0 Å². The van der Waals surface area contributed by atoms with Crippen molar-refractivity contribution >= 4 is 35.1 Å². The highest BCUT2D eigenvalue weighted by Crippen LogP contribution is 2.30. The molecule has 0 atom stereocenters. The van der Waals surface area contributed by atoms with E-state index in [1.54, 1.807) is 24.3 Å². The van der Waals surface area contributed by atoms with Crippen molar-refractivity contribution < 1.29 is 28.3 Å². The number of rotatable bonds is 5. The van der Waals surface area contributed by atoms with Gasteiger partial charge in [-0.2, -0.15) is 0 Å². The summed E-state index contributed by atoms with van der Waals surface area (Å²) in [5, 5.41) is 2.61. The van der Waals surface area contributed by atoms with Crippen molar-refractivity contribution in [1.29, 1.82) is 0 Å². The van der Waals surface area contributed by atoms with Crippen molar-refractivity contribution in [3.63, 3.8) is 0 Å². The normalized spacial score (nSPS) is 12.5. The molecule has 4 rings (SSSR count). The van der Waals surface area contributed by atoms with Gasteiger partial charge in [0.05, 0.1) is 22.4 Å². The summed E-state index contributed by atoms with van der Waals surface area (Å²) in [5.74, 6) is -2.38. The Bertz CT molecular complexity index is 1240. The van der Waals surface area contributed by atoms with E-state index in [4.69, 9.17) is 4.74 Å². The number of benzene rings is 3. The largest absolute Gasteiger partial charge is 0.457 e. The fraction of sp³-hybridized carbons (Fsp3) is 0.0833. The fourth-order valence-electron chi connectivity index (χ4n) is 3.31. The minimum absolute atomic E-state index is 0.0597. The average molecular weight is 432 g/mol. The Hall–Kier alpha value is -4.33. The Morgan fingerprint density at radius 1 is 0.906 bits per heavy atom. The highest BCUT2D eigenvalue weighted by atomic mass is 19.1. The van der Waals surface area contributed by atoms with E-state index in [9.17, 15) is 23.6 Å². The molecule has 3 aromatic rings. The quantitative estimate of drug-likeness (QED) is 0.487. The molecule has 3 amide bonds. The van der Waals surface area contributed by atoms with Gasteiger partial charge >= 0.3 is 5.97 Å². The summed E-state index contributed by atoms with van der Waals surface area (Å²) in [5.41, 5.74) is 1.87. The number of hydrogen-bond donors (Lipinski definition) is 1. The predicted octanol–water partition coefficient (Wildman–Crippen LogP) is 3.94. The van der Waals surface area contributed by atoms with Crippen LogP contribution in [0.15, 0.2) is 66.7 Å². The first kappa shape index (κ1) is 20.9. The number of amides is 3. The standard InChI is InChI=1S/C24H17FN2O5/c1-14(28)26-18-7-9-19(10-8-18)27-22(29)20-11-4-16(12-21(20)23(27)30)24(31)32-13-15-2-5-17(25)6-3-15/h2-12H,13H2,1H3,(H,26,28). The molecule has 0 aromatic heterocycles. The van der Waals surface area contributed by atoms with Crippen LogP contribution in [0.5, 0.6) is 0 Å². The molecule has 0 spiro atoms. The maximum absolute atomic E-state index is 13.0. The molecular weight excluding hydrogens is 415 g/mol. The Morgan fingerprint density at radius 3 is 2.22 bits per heavy atom. The fourth-order valence-corrected chi connectivity index (χ4v) is 3.31. The lowest BCUT2D eigenvalue weighted by Crippen LogP contribution is -2.29. The van der Waals surface area contributed by atoms with E-state index in [-0.39, 0.29) is 29.2 Å². The third kappa shape index (κ3) is 4.11. The zero-order valence-corrected chi connectivity index (χ0v) is 16.9. The van der Waals surface area contributed by atoms with E-state index in [2.05, 4.69) is 5.32 Å². The highest BCUT2D eigenvalue weighted by Gasteiger charge is 2.37. The monoisotopic (exact) mass is 432 g/mol.